The first kappa shape index (κ1) is 19.7. The molecule has 5 rings (SSSR count). The lowest BCUT2D eigenvalue weighted by Gasteiger charge is -2.19. The minimum atomic E-state index is -0.256. The van der Waals surface area contributed by atoms with Crippen molar-refractivity contribution in [2.75, 3.05) is 12.0 Å². The van der Waals surface area contributed by atoms with Crippen molar-refractivity contribution >= 4 is 72.3 Å². The van der Waals surface area contributed by atoms with Crippen LogP contribution >= 0.6 is 34.3 Å². The number of imidazole rings is 1. The standard InChI is InChI=1S/C22H15ClN4O2S2/c1-29-15-6-4-5-14(13-15)27(22-24-16-7-2-3-8-18(16)31-22)19(28)10-9-17-20(23)25-21-26(17)11-12-30-21/h2-13H,1H3/b10-9+. The lowest BCUT2D eigenvalue weighted by molar-refractivity contribution is -0.113. The molecule has 0 aliphatic carbocycles. The number of hydrogen-bond donors (Lipinski definition) is 0. The van der Waals surface area contributed by atoms with Crippen LogP contribution in [0.25, 0.3) is 21.3 Å². The second kappa shape index (κ2) is 8.14. The van der Waals surface area contributed by atoms with E-state index in [1.54, 1.807) is 24.2 Å². The first-order valence-electron chi connectivity index (χ1n) is 9.27. The van der Waals surface area contributed by atoms with Crippen LogP contribution in [-0.4, -0.2) is 27.4 Å². The van der Waals surface area contributed by atoms with Crippen LogP contribution < -0.4 is 9.64 Å². The predicted molar refractivity (Wildman–Crippen MR) is 127 cm³/mol. The number of ether oxygens (including phenoxy) is 1. The molecule has 3 heterocycles. The van der Waals surface area contributed by atoms with E-state index in [-0.39, 0.29) is 5.91 Å². The quantitative estimate of drug-likeness (QED) is 0.296. The van der Waals surface area contributed by atoms with Gasteiger partial charge in [0, 0.05) is 23.7 Å². The van der Waals surface area contributed by atoms with Gasteiger partial charge in [-0.3, -0.25) is 14.1 Å². The zero-order valence-corrected chi connectivity index (χ0v) is 18.6. The minimum Gasteiger partial charge on any atom is -0.497 e. The summed E-state index contributed by atoms with van der Waals surface area (Å²) in [6.07, 6.45) is 5.03. The van der Waals surface area contributed by atoms with Crippen LogP contribution in [0.5, 0.6) is 5.75 Å². The fourth-order valence-corrected chi connectivity index (χ4v) is 5.19. The van der Waals surface area contributed by atoms with Gasteiger partial charge in [0.1, 0.15) is 5.75 Å². The summed E-state index contributed by atoms with van der Waals surface area (Å²) in [5.41, 5.74) is 2.15. The Balaban J connectivity index is 1.58. The minimum absolute atomic E-state index is 0.256. The number of anilines is 2. The third-order valence-corrected chi connectivity index (χ3v) is 6.70. The van der Waals surface area contributed by atoms with Gasteiger partial charge in [0.2, 0.25) is 0 Å². The van der Waals surface area contributed by atoms with Crippen LogP contribution in [0.3, 0.4) is 0 Å². The Bertz CT molecular complexity index is 1400. The second-order valence-electron chi connectivity index (χ2n) is 6.52. The fraction of sp³-hybridized carbons (Fsp3) is 0.0455. The largest absolute Gasteiger partial charge is 0.497 e. The van der Waals surface area contributed by atoms with Gasteiger partial charge in [-0.1, -0.05) is 41.1 Å². The van der Waals surface area contributed by atoms with E-state index in [0.29, 0.717) is 27.4 Å². The monoisotopic (exact) mass is 466 g/mol. The third kappa shape index (κ3) is 3.69. The van der Waals surface area contributed by atoms with Crippen LogP contribution in [0.15, 0.2) is 66.2 Å². The van der Waals surface area contributed by atoms with E-state index in [2.05, 4.69) is 9.97 Å². The number of carbonyl (C=O) groups is 1. The highest BCUT2D eigenvalue weighted by molar-refractivity contribution is 7.22. The number of thiazole rings is 2. The van der Waals surface area contributed by atoms with Crippen LogP contribution in [0.2, 0.25) is 5.15 Å². The number of nitrogens with zero attached hydrogens (tertiary/aromatic N) is 4. The zero-order valence-electron chi connectivity index (χ0n) is 16.2. The van der Waals surface area contributed by atoms with Gasteiger partial charge in [-0.15, -0.1) is 11.3 Å². The molecule has 5 aromatic rings. The van der Waals surface area contributed by atoms with Crippen molar-refractivity contribution in [3.05, 3.63) is 77.0 Å². The Morgan fingerprint density at radius 3 is 2.90 bits per heavy atom. The van der Waals surface area contributed by atoms with Crippen molar-refractivity contribution in [3.63, 3.8) is 0 Å². The number of methoxy groups -OCH3 is 1. The molecular formula is C22H15ClN4O2S2. The molecule has 6 nitrogen and oxygen atoms in total. The van der Waals surface area contributed by atoms with Crippen molar-refractivity contribution in [1.29, 1.82) is 0 Å². The highest BCUT2D eigenvalue weighted by Gasteiger charge is 2.21. The number of fused-ring (bicyclic) bond motifs is 2. The van der Waals surface area contributed by atoms with Gasteiger partial charge >= 0.3 is 0 Å². The Labute approximate surface area is 190 Å². The first-order valence-corrected chi connectivity index (χ1v) is 11.3. The highest BCUT2D eigenvalue weighted by atomic mass is 35.5. The maximum Gasteiger partial charge on any atom is 0.257 e. The van der Waals surface area contributed by atoms with Crippen molar-refractivity contribution in [2.45, 2.75) is 0 Å². The van der Waals surface area contributed by atoms with Gasteiger partial charge < -0.3 is 4.74 Å². The number of para-hydroxylation sites is 1. The maximum atomic E-state index is 13.4. The average Bonchev–Trinajstić information content (AvgIpc) is 3.47. The van der Waals surface area contributed by atoms with Gasteiger partial charge in [-0.05, 0) is 30.3 Å². The molecule has 154 valence electrons. The number of rotatable bonds is 5. The second-order valence-corrected chi connectivity index (χ2v) is 8.76. The normalized spacial score (nSPS) is 11.5. The molecule has 0 saturated carbocycles. The number of hydrogen-bond acceptors (Lipinski definition) is 6. The molecule has 0 unspecified atom stereocenters. The number of aromatic nitrogens is 3. The summed E-state index contributed by atoms with van der Waals surface area (Å²) in [5.74, 6) is 0.396. The van der Waals surface area contributed by atoms with E-state index in [9.17, 15) is 4.79 Å². The van der Waals surface area contributed by atoms with Crippen molar-refractivity contribution in [2.24, 2.45) is 0 Å². The molecule has 2 aromatic carbocycles. The smallest absolute Gasteiger partial charge is 0.257 e. The molecule has 9 heteroatoms. The van der Waals surface area contributed by atoms with E-state index in [1.807, 2.05) is 58.4 Å². The summed E-state index contributed by atoms with van der Waals surface area (Å²) in [4.78, 5) is 24.7. The Morgan fingerprint density at radius 2 is 2.06 bits per heavy atom. The molecule has 3 aromatic heterocycles. The van der Waals surface area contributed by atoms with Crippen LogP contribution in [0, 0.1) is 0 Å². The summed E-state index contributed by atoms with van der Waals surface area (Å²) in [5, 5.41) is 2.84. The molecule has 31 heavy (non-hydrogen) atoms. The van der Waals surface area contributed by atoms with Gasteiger partial charge in [-0.2, -0.15) is 0 Å². The number of halogens is 1. The molecule has 0 aliphatic heterocycles. The number of benzene rings is 2. The Kier molecular flexibility index (Phi) is 5.19. The summed E-state index contributed by atoms with van der Waals surface area (Å²) in [6.45, 7) is 0. The predicted octanol–water partition coefficient (Wildman–Crippen LogP) is 6.05. The van der Waals surface area contributed by atoms with Crippen molar-refractivity contribution in [1.82, 2.24) is 14.4 Å². The van der Waals surface area contributed by atoms with Crippen LogP contribution in [0.4, 0.5) is 10.8 Å². The molecule has 0 spiro atoms. The lowest BCUT2D eigenvalue weighted by atomic mass is 10.2. The maximum absolute atomic E-state index is 13.4. The van der Waals surface area contributed by atoms with Crippen LogP contribution in [-0.2, 0) is 4.79 Å². The Morgan fingerprint density at radius 1 is 1.19 bits per heavy atom. The van der Waals surface area contributed by atoms with Crippen molar-refractivity contribution < 1.29 is 9.53 Å². The van der Waals surface area contributed by atoms with Gasteiger partial charge in [0.25, 0.3) is 5.91 Å². The molecule has 0 atom stereocenters. The third-order valence-electron chi connectivity index (χ3n) is 4.64. The number of amides is 1. The summed E-state index contributed by atoms with van der Waals surface area (Å²) in [6, 6.07) is 15.1. The Hall–Kier alpha value is -3.20. The lowest BCUT2D eigenvalue weighted by Crippen LogP contribution is -2.23. The summed E-state index contributed by atoms with van der Waals surface area (Å²) in [7, 11) is 1.59. The summed E-state index contributed by atoms with van der Waals surface area (Å²) >= 11 is 9.20. The molecule has 0 aliphatic rings. The molecular weight excluding hydrogens is 452 g/mol. The van der Waals surface area contributed by atoms with Gasteiger partial charge in [0.05, 0.1) is 28.7 Å². The summed E-state index contributed by atoms with van der Waals surface area (Å²) < 4.78 is 8.21. The number of carbonyl (C=O) groups excluding carboxylic acids is 1. The molecule has 1 amide bonds. The fourth-order valence-electron chi connectivity index (χ4n) is 3.19. The molecule has 0 radical (unpaired) electrons. The topological polar surface area (TPSA) is 59.7 Å². The molecule has 0 fully saturated rings. The zero-order chi connectivity index (χ0) is 21.4. The van der Waals surface area contributed by atoms with Gasteiger partial charge in [0.15, 0.2) is 15.2 Å². The van der Waals surface area contributed by atoms with Gasteiger partial charge in [-0.25, -0.2) is 9.97 Å². The van der Waals surface area contributed by atoms with E-state index in [1.165, 1.54) is 28.7 Å². The van der Waals surface area contributed by atoms with Crippen molar-refractivity contribution in [3.8, 4) is 5.75 Å². The molecule has 0 N–H and O–H groups in total. The highest BCUT2D eigenvalue weighted by Crippen LogP contribution is 2.35. The molecule has 0 saturated heterocycles. The van der Waals surface area contributed by atoms with Crippen LogP contribution in [0.1, 0.15) is 5.69 Å². The molecule has 0 bridgehead atoms. The van der Waals surface area contributed by atoms with E-state index >= 15 is 0 Å². The first-order chi connectivity index (χ1) is 15.1. The average molecular weight is 467 g/mol. The van der Waals surface area contributed by atoms with E-state index < -0.39 is 0 Å². The van der Waals surface area contributed by atoms with E-state index in [4.69, 9.17) is 16.3 Å². The SMILES string of the molecule is COc1cccc(N(C(=O)/C=C/c2c(Cl)nc3sccn23)c2nc3ccccc3s2)c1. The van der Waals surface area contributed by atoms with E-state index in [0.717, 1.165) is 15.2 Å².